The molecule has 0 radical (unpaired) electrons. The molecule has 6 heteroatoms. The first kappa shape index (κ1) is 18.0. The summed E-state index contributed by atoms with van der Waals surface area (Å²) in [6.45, 7) is 2.08. The van der Waals surface area contributed by atoms with E-state index >= 15 is 0 Å². The van der Waals surface area contributed by atoms with Crippen LogP contribution in [0.1, 0.15) is 24.5 Å². The first-order valence-corrected chi connectivity index (χ1v) is 9.35. The van der Waals surface area contributed by atoms with E-state index in [1.165, 1.54) is 0 Å². The summed E-state index contributed by atoms with van der Waals surface area (Å²) < 4.78 is 27.7. The van der Waals surface area contributed by atoms with Crippen molar-refractivity contribution in [3.05, 3.63) is 59.7 Å². The van der Waals surface area contributed by atoms with Gasteiger partial charge in [-0.3, -0.25) is 9.52 Å². The molecule has 5 nitrogen and oxygen atoms in total. The average molecular weight is 346 g/mol. The highest BCUT2D eigenvalue weighted by atomic mass is 32.2. The van der Waals surface area contributed by atoms with Gasteiger partial charge < -0.3 is 5.32 Å². The second-order valence-electron chi connectivity index (χ2n) is 5.51. The molecule has 24 heavy (non-hydrogen) atoms. The Morgan fingerprint density at radius 1 is 1.04 bits per heavy atom. The van der Waals surface area contributed by atoms with Crippen LogP contribution in [0.3, 0.4) is 0 Å². The highest BCUT2D eigenvalue weighted by molar-refractivity contribution is 7.92. The lowest BCUT2D eigenvalue weighted by atomic mass is 10.1. The van der Waals surface area contributed by atoms with Crippen LogP contribution >= 0.6 is 0 Å². The average Bonchev–Trinajstić information content (AvgIpc) is 2.57. The van der Waals surface area contributed by atoms with E-state index in [1.807, 2.05) is 12.1 Å². The molecule has 0 unspecified atom stereocenters. The van der Waals surface area contributed by atoms with Crippen LogP contribution < -0.4 is 10.0 Å². The number of anilines is 1. The number of nitrogens with one attached hydrogen (secondary N) is 2. The lowest BCUT2D eigenvalue weighted by molar-refractivity contribution is -0.119. The zero-order valence-electron chi connectivity index (χ0n) is 13.9. The van der Waals surface area contributed by atoms with E-state index in [0.717, 1.165) is 18.4 Å². The molecule has 2 aromatic rings. The number of hydrogen-bond donors (Lipinski definition) is 2. The number of para-hydroxylation sites is 1. The molecule has 2 aromatic carbocycles. The van der Waals surface area contributed by atoms with Gasteiger partial charge in [0.15, 0.2) is 0 Å². The predicted octanol–water partition coefficient (Wildman–Crippen LogP) is 2.73. The Morgan fingerprint density at radius 3 is 2.33 bits per heavy atom. The van der Waals surface area contributed by atoms with Gasteiger partial charge in [-0.25, -0.2) is 8.42 Å². The highest BCUT2D eigenvalue weighted by Gasteiger charge is 2.16. The highest BCUT2D eigenvalue weighted by Crippen LogP contribution is 2.21. The summed E-state index contributed by atoms with van der Waals surface area (Å²) in [4.78, 5) is 11.8. The van der Waals surface area contributed by atoms with Crippen molar-refractivity contribution in [2.45, 2.75) is 31.1 Å². The van der Waals surface area contributed by atoms with Crippen molar-refractivity contribution in [2.75, 3.05) is 11.8 Å². The van der Waals surface area contributed by atoms with Crippen LogP contribution in [0.2, 0.25) is 0 Å². The molecule has 1 amide bonds. The molecule has 0 fully saturated rings. The Hall–Kier alpha value is -2.34. The monoisotopic (exact) mass is 346 g/mol. The number of amides is 1. The summed E-state index contributed by atoms with van der Waals surface area (Å²) in [5.41, 5.74) is 2.15. The van der Waals surface area contributed by atoms with E-state index in [2.05, 4.69) is 17.0 Å². The minimum atomic E-state index is -3.69. The molecule has 128 valence electrons. The summed E-state index contributed by atoms with van der Waals surface area (Å²) in [5.74, 6) is -0.175. The van der Waals surface area contributed by atoms with Crippen LogP contribution in [0.25, 0.3) is 0 Å². The third-order valence-electron chi connectivity index (χ3n) is 3.66. The fourth-order valence-corrected chi connectivity index (χ4v) is 3.46. The van der Waals surface area contributed by atoms with Crippen LogP contribution in [0.15, 0.2) is 53.4 Å². The van der Waals surface area contributed by atoms with Gasteiger partial charge >= 0.3 is 0 Å². The van der Waals surface area contributed by atoms with Gasteiger partial charge in [-0.2, -0.15) is 0 Å². The molecule has 0 aliphatic heterocycles. The van der Waals surface area contributed by atoms with Crippen molar-refractivity contribution < 1.29 is 13.2 Å². The van der Waals surface area contributed by atoms with Crippen molar-refractivity contribution in [2.24, 2.45) is 0 Å². The van der Waals surface area contributed by atoms with E-state index in [1.54, 1.807) is 43.4 Å². The minimum absolute atomic E-state index is 0.116. The van der Waals surface area contributed by atoms with E-state index in [-0.39, 0.29) is 17.2 Å². The van der Waals surface area contributed by atoms with E-state index in [0.29, 0.717) is 11.3 Å². The first-order valence-electron chi connectivity index (χ1n) is 7.86. The third-order valence-corrected chi connectivity index (χ3v) is 5.05. The fraction of sp³-hybridized carbons (Fsp3) is 0.278. The van der Waals surface area contributed by atoms with Gasteiger partial charge in [-0.1, -0.05) is 43.7 Å². The van der Waals surface area contributed by atoms with E-state index < -0.39 is 10.0 Å². The molecule has 0 aromatic heterocycles. The van der Waals surface area contributed by atoms with Crippen molar-refractivity contribution >= 4 is 21.6 Å². The van der Waals surface area contributed by atoms with Gasteiger partial charge in [-0.05, 0) is 35.7 Å². The number of rotatable bonds is 7. The predicted molar refractivity (Wildman–Crippen MR) is 95.5 cm³/mol. The Labute approximate surface area is 143 Å². The third kappa shape index (κ3) is 4.58. The summed E-state index contributed by atoms with van der Waals surface area (Å²) in [6, 6.07) is 13.8. The maximum absolute atomic E-state index is 12.6. The zero-order chi connectivity index (χ0) is 17.6. The summed E-state index contributed by atoms with van der Waals surface area (Å²) >= 11 is 0. The Bertz CT molecular complexity index is 799. The SMILES string of the molecule is CCCc1ccc(S(=O)(=O)Nc2ccccc2CC(=O)NC)cc1. The molecule has 0 saturated heterocycles. The molecule has 0 heterocycles. The van der Waals surface area contributed by atoms with Crippen LogP contribution in [0, 0.1) is 0 Å². The maximum atomic E-state index is 12.6. The van der Waals surface area contributed by atoms with Crippen LogP contribution in [-0.2, 0) is 27.7 Å². The Morgan fingerprint density at radius 2 is 1.71 bits per heavy atom. The van der Waals surface area contributed by atoms with Crippen molar-refractivity contribution in [1.82, 2.24) is 5.32 Å². The summed E-state index contributed by atoms with van der Waals surface area (Å²) in [5, 5.41) is 2.54. The molecule has 0 aliphatic rings. The molecular weight excluding hydrogens is 324 g/mol. The van der Waals surface area contributed by atoms with Gasteiger partial charge in [0.2, 0.25) is 5.91 Å². The minimum Gasteiger partial charge on any atom is -0.359 e. The number of hydrogen-bond acceptors (Lipinski definition) is 3. The largest absolute Gasteiger partial charge is 0.359 e. The lowest BCUT2D eigenvalue weighted by Crippen LogP contribution is -2.21. The van der Waals surface area contributed by atoms with E-state index in [9.17, 15) is 13.2 Å². The van der Waals surface area contributed by atoms with Crippen LogP contribution in [0.4, 0.5) is 5.69 Å². The molecule has 0 spiro atoms. The van der Waals surface area contributed by atoms with Crippen molar-refractivity contribution in [1.29, 1.82) is 0 Å². The number of likely N-dealkylation sites (N-methyl/N-ethyl adjacent to an activating group) is 1. The molecule has 2 rings (SSSR count). The number of benzene rings is 2. The molecule has 0 bridgehead atoms. The van der Waals surface area contributed by atoms with Gasteiger partial charge in [0.25, 0.3) is 10.0 Å². The standard InChI is InChI=1S/C18H22N2O3S/c1-3-6-14-9-11-16(12-10-14)24(22,23)20-17-8-5-4-7-15(17)13-18(21)19-2/h4-5,7-12,20H,3,6,13H2,1-2H3,(H,19,21). The van der Waals surface area contributed by atoms with Gasteiger partial charge in [0, 0.05) is 7.05 Å². The van der Waals surface area contributed by atoms with E-state index in [4.69, 9.17) is 0 Å². The number of sulfonamides is 1. The summed E-state index contributed by atoms with van der Waals surface area (Å²) in [6.07, 6.45) is 2.05. The molecule has 0 aliphatic carbocycles. The smallest absolute Gasteiger partial charge is 0.261 e. The number of carbonyl (C=O) groups excluding carboxylic acids is 1. The molecule has 0 saturated carbocycles. The summed E-state index contributed by atoms with van der Waals surface area (Å²) in [7, 11) is -2.14. The molecule has 2 N–H and O–H groups in total. The van der Waals surface area contributed by atoms with Gasteiger partial charge in [-0.15, -0.1) is 0 Å². The van der Waals surface area contributed by atoms with Crippen molar-refractivity contribution in [3.63, 3.8) is 0 Å². The lowest BCUT2D eigenvalue weighted by Gasteiger charge is -2.12. The van der Waals surface area contributed by atoms with Gasteiger partial charge in [0.05, 0.1) is 17.0 Å². The topological polar surface area (TPSA) is 75.3 Å². The first-order chi connectivity index (χ1) is 11.5. The second kappa shape index (κ2) is 7.97. The zero-order valence-corrected chi connectivity index (χ0v) is 14.7. The number of carbonyl (C=O) groups is 1. The van der Waals surface area contributed by atoms with Crippen LogP contribution in [0.5, 0.6) is 0 Å². The molecule has 0 atom stereocenters. The number of aryl methyl sites for hydroxylation is 1. The van der Waals surface area contributed by atoms with Crippen molar-refractivity contribution in [3.8, 4) is 0 Å². The Balaban J connectivity index is 2.24. The quantitative estimate of drug-likeness (QED) is 0.809. The second-order valence-corrected chi connectivity index (χ2v) is 7.19. The Kier molecular flexibility index (Phi) is 5.98. The normalized spacial score (nSPS) is 11.1. The molecular formula is C18H22N2O3S. The fourth-order valence-electron chi connectivity index (χ4n) is 2.36. The van der Waals surface area contributed by atoms with Crippen LogP contribution in [-0.4, -0.2) is 21.4 Å². The van der Waals surface area contributed by atoms with Gasteiger partial charge in [0.1, 0.15) is 0 Å². The maximum Gasteiger partial charge on any atom is 0.261 e.